The molecule has 1 N–H and O–H groups in total. The second-order valence-corrected chi connectivity index (χ2v) is 6.56. The normalized spacial score (nSPS) is 16.1. The van der Waals surface area contributed by atoms with E-state index in [0.29, 0.717) is 28.8 Å². The standard InChI is InChI=1S/C17H21N5O/c1-10(2)11(3)16(23)21-17-20-14-8-7-12(9-18)19-15(14)22(17)13-5-4-6-13/h7-8,10-11,13H,4-6H2,1-3H3,(H,20,21,23)/t11-/m0/s1. The number of nitriles is 1. The van der Waals surface area contributed by atoms with E-state index in [9.17, 15) is 4.79 Å². The summed E-state index contributed by atoms with van der Waals surface area (Å²) in [4.78, 5) is 21.3. The molecule has 0 aromatic carbocycles. The fourth-order valence-electron chi connectivity index (χ4n) is 2.64. The molecule has 2 aromatic rings. The Bertz CT molecular complexity index is 782. The van der Waals surface area contributed by atoms with Gasteiger partial charge in [-0.15, -0.1) is 0 Å². The molecule has 1 fully saturated rings. The summed E-state index contributed by atoms with van der Waals surface area (Å²) in [5.74, 6) is 0.688. The van der Waals surface area contributed by atoms with Crippen LogP contribution in [0.25, 0.3) is 11.2 Å². The molecular weight excluding hydrogens is 290 g/mol. The van der Waals surface area contributed by atoms with Gasteiger partial charge >= 0.3 is 0 Å². The van der Waals surface area contributed by atoms with Gasteiger partial charge in [-0.2, -0.15) is 5.26 Å². The number of anilines is 1. The van der Waals surface area contributed by atoms with Crippen LogP contribution < -0.4 is 5.32 Å². The largest absolute Gasteiger partial charge is 0.296 e. The Morgan fingerprint density at radius 3 is 2.65 bits per heavy atom. The van der Waals surface area contributed by atoms with E-state index >= 15 is 0 Å². The molecule has 6 nitrogen and oxygen atoms in total. The number of amides is 1. The summed E-state index contributed by atoms with van der Waals surface area (Å²) in [6.07, 6.45) is 3.26. The first-order valence-electron chi connectivity index (χ1n) is 8.11. The van der Waals surface area contributed by atoms with E-state index < -0.39 is 0 Å². The predicted molar refractivity (Wildman–Crippen MR) is 87.8 cm³/mol. The molecule has 2 aromatic heterocycles. The molecule has 3 rings (SSSR count). The zero-order valence-electron chi connectivity index (χ0n) is 13.7. The maximum absolute atomic E-state index is 12.4. The molecule has 0 saturated heterocycles. The number of rotatable bonds is 4. The highest BCUT2D eigenvalue weighted by atomic mass is 16.2. The van der Waals surface area contributed by atoms with Crippen molar-refractivity contribution in [2.24, 2.45) is 11.8 Å². The molecular formula is C17H21N5O. The van der Waals surface area contributed by atoms with Crippen LogP contribution >= 0.6 is 0 Å². The fraction of sp³-hybridized carbons (Fsp3) is 0.529. The summed E-state index contributed by atoms with van der Waals surface area (Å²) >= 11 is 0. The van der Waals surface area contributed by atoms with E-state index in [1.54, 1.807) is 12.1 Å². The van der Waals surface area contributed by atoms with Crippen LogP contribution in [0.3, 0.4) is 0 Å². The average Bonchev–Trinajstić information content (AvgIpc) is 2.82. The summed E-state index contributed by atoms with van der Waals surface area (Å²) in [5.41, 5.74) is 1.76. The number of nitrogens with one attached hydrogen (secondary N) is 1. The third-order valence-electron chi connectivity index (χ3n) is 4.74. The average molecular weight is 311 g/mol. The summed E-state index contributed by atoms with van der Waals surface area (Å²) < 4.78 is 1.99. The molecule has 1 aliphatic carbocycles. The summed E-state index contributed by atoms with van der Waals surface area (Å²) in [6.45, 7) is 5.97. The van der Waals surface area contributed by atoms with E-state index in [4.69, 9.17) is 5.26 Å². The summed E-state index contributed by atoms with van der Waals surface area (Å²) in [6, 6.07) is 5.81. The maximum atomic E-state index is 12.4. The molecule has 0 unspecified atom stereocenters. The van der Waals surface area contributed by atoms with Crippen molar-refractivity contribution in [3.8, 4) is 6.07 Å². The SMILES string of the molecule is CC(C)[C@H](C)C(=O)Nc1nc2ccc(C#N)nc2n1C1CCC1. The first-order valence-corrected chi connectivity index (χ1v) is 8.11. The van der Waals surface area contributed by atoms with E-state index in [2.05, 4.69) is 21.4 Å². The van der Waals surface area contributed by atoms with Crippen LogP contribution in [-0.4, -0.2) is 20.4 Å². The zero-order valence-corrected chi connectivity index (χ0v) is 13.7. The predicted octanol–water partition coefficient (Wildman–Crippen LogP) is 3.26. The van der Waals surface area contributed by atoms with Crippen molar-refractivity contribution in [1.82, 2.24) is 14.5 Å². The molecule has 1 aliphatic rings. The van der Waals surface area contributed by atoms with Gasteiger partial charge in [0.05, 0.1) is 0 Å². The molecule has 1 amide bonds. The molecule has 1 saturated carbocycles. The quantitative estimate of drug-likeness (QED) is 0.939. The number of fused-ring (bicyclic) bond motifs is 1. The third kappa shape index (κ3) is 2.79. The molecule has 120 valence electrons. The van der Waals surface area contributed by atoms with Gasteiger partial charge in [0.1, 0.15) is 17.3 Å². The van der Waals surface area contributed by atoms with Crippen molar-refractivity contribution < 1.29 is 4.79 Å². The Labute approximate surface area is 135 Å². The van der Waals surface area contributed by atoms with Crippen LogP contribution in [0, 0.1) is 23.2 Å². The monoisotopic (exact) mass is 311 g/mol. The van der Waals surface area contributed by atoms with Crippen molar-refractivity contribution in [2.75, 3.05) is 5.32 Å². The summed E-state index contributed by atoms with van der Waals surface area (Å²) in [7, 11) is 0. The minimum atomic E-state index is -0.0905. The molecule has 1 atom stereocenters. The van der Waals surface area contributed by atoms with Crippen molar-refractivity contribution in [1.29, 1.82) is 5.26 Å². The van der Waals surface area contributed by atoms with Gasteiger partial charge in [-0.25, -0.2) is 9.97 Å². The lowest BCUT2D eigenvalue weighted by molar-refractivity contribution is -0.120. The van der Waals surface area contributed by atoms with Gasteiger partial charge in [-0.3, -0.25) is 14.7 Å². The van der Waals surface area contributed by atoms with Gasteiger partial charge < -0.3 is 0 Å². The summed E-state index contributed by atoms with van der Waals surface area (Å²) in [5, 5.41) is 12.0. The van der Waals surface area contributed by atoms with Crippen LogP contribution in [0.15, 0.2) is 12.1 Å². The van der Waals surface area contributed by atoms with Crippen molar-refractivity contribution >= 4 is 23.0 Å². The second-order valence-electron chi connectivity index (χ2n) is 6.56. The van der Waals surface area contributed by atoms with Crippen molar-refractivity contribution in [3.63, 3.8) is 0 Å². The number of pyridine rings is 1. The van der Waals surface area contributed by atoms with E-state index in [1.165, 1.54) is 0 Å². The van der Waals surface area contributed by atoms with E-state index in [0.717, 1.165) is 19.3 Å². The number of aromatic nitrogens is 3. The molecule has 2 heterocycles. The number of nitrogens with zero attached hydrogens (tertiary/aromatic N) is 4. The Balaban J connectivity index is 2.02. The zero-order chi connectivity index (χ0) is 16.6. The second kappa shape index (κ2) is 5.99. The van der Waals surface area contributed by atoms with Crippen LogP contribution in [0.1, 0.15) is 51.8 Å². The first kappa shape index (κ1) is 15.5. The van der Waals surface area contributed by atoms with Crippen LogP contribution in [0.2, 0.25) is 0 Å². The number of carbonyl (C=O) groups excluding carboxylic acids is 1. The Morgan fingerprint density at radius 1 is 1.35 bits per heavy atom. The molecule has 0 spiro atoms. The molecule has 23 heavy (non-hydrogen) atoms. The van der Waals surface area contributed by atoms with Crippen LogP contribution in [0.5, 0.6) is 0 Å². The Hall–Kier alpha value is -2.42. The van der Waals surface area contributed by atoms with Crippen LogP contribution in [-0.2, 0) is 4.79 Å². The Kier molecular flexibility index (Phi) is 4.03. The molecule has 0 bridgehead atoms. The topological polar surface area (TPSA) is 83.6 Å². The molecule has 6 heteroatoms. The number of imidazole rings is 1. The highest BCUT2D eigenvalue weighted by Crippen LogP contribution is 2.36. The number of hydrogen-bond acceptors (Lipinski definition) is 4. The van der Waals surface area contributed by atoms with E-state index in [1.807, 2.05) is 25.3 Å². The lowest BCUT2D eigenvalue weighted by Gasteiger charge is -2.28. The van der Waals surface area contributed by atoms with Gasteiger partial charge in [-0.05, 0) is 37.3 Å². The van der Waals surface area contributed by atoms with Crippen molar-refractivity contribution in [3.05, 3.63) is 17.8 Å². The maximum Gasteiger partial charge on any atom is 0.229 e. The number of hydrogen-bond donors (Lipinski definition) is 1. The van der Waals surface area contributed by atoms with Gasteiger partial charge in [0.25, 0.3) is 0 Å². The molecule has 0 aliphatic heterocycles. The van der Waals surface area contributed by atoms with Gasteiger partial charge in [-0.1, -0.05) is 20.8 Å². The third-order valence-corrected chi connectivity index (χ3v) is 4.74. The van der Waals surface area contributed by atoms with Gasteiger partial charge in [0.2, 0.25) is 11.9 Å². The highest BCUT2D eigenvalue weighted by molar-refractivity contribution is 5.92. The minimum Gasteiger partial charge on any atom is -0.296 e. The highest BCUT2D eigenvalue weighted by Gasteiger charge is 2.27. The Morgan fingerprint density at radius 2 is 2.09 bits per heavy atom. The van der Waals surface area contributed by atoms with Crippen molar-refractivity contribution in [2.45, 2.75) is 46.1 Å². The molecule has 0 radical (unpaired) electrons. The lowest BCUT2D eigenvalue weighted by atomic mass is 9.93. The van der Waals surface area contributed by atoms with Gasteiger partial charge in [0, 0.05) is 12.0 Å². The van der Waals surface area contributed by atoms with E-state index in [-0.39, 0.29) is 17.7 Å². The number of carbonyl (C=O) groups is 1. The lowest BCUT2D eigenvalue weighted by Crippen LogP contribution is -2.27. The van der Waals surface area contributed by atoms with Gasteiger partial charge in [0.15, 0.2) is 5.65 Å². The van der Waals surface area contributed by atoms with Crippen LogP contribution in [0.4, 0.5) is 5.95 Å². The fourth-order valence-corrected chi connectivity index (χ4v) is 2.64. The smallest absolute Gasteiger partial charge is 0.229 e. The minimum absolute atomic E-state index is 0.0311. The first-order chi connectivity index (χ1) is 11.0.